The molecule has 4 rings (SSSR count). The normalized spacial score (nSPS) is 15.1. The maximum absolute atomic E-state index is 12.8. The molecule has 7 heteroatoms. The molecule has 3 amide bonds. The zero-order valence-corrected chi connectivity index (χ0v) is 17.3. The summed E-state index contributed by atoms with van der Waals surface area (Å²) >= 11 is 13.5. The van der Waals surface area contributed by atoms with Crippen LogP contribution in [0.3, 0.4) is 0 Å². The van der Waals surface area contributed by atoms with Crippen LogP contribution in [0.4, 0.5) is 10.5 Å². The van der Waals surface area contributed by atoms with Crippen LogP contribution >= 0.6 is 35.0 Å². The molecule has 0 radical (unpaired) electrons. The van der Waals surface area contributed by atoms with Crippen molar-refractivity contribution in [1.82, 2.24) is 5.32 Å². The van der Waals surface area contributed by atoms with Gasteiger partial charge in [-0.25, -0.2) is 9.69 Å². The first kappa shape index (κ1) is 19.6. The lowest BCUT2D eigenvalue weighted by atomic mass is 10.2. The van der Waals surface area contributed by atoms with Crippen molar-refractivity contribution in [2.45, 2.75) is 9.79 Å². The predicted molar refractivity (Wildman–Crippen MR) is 117 cm³/mol. The summed E-state index contributed by atoms with van der Waals surface area (Å²) in [4.78, 5) is 28.3. The summed E-state index contributed by atoms with van der Waals surface area (Å²) in [6.45, 7) is 0. The van der Waals surface area contributed by atoms with Gasteiger partial charge in [-0.2, -0.15) is 0 Å². The molecule has 3 aromatic carbocycles. The number of halogens is 2. The van der Waals surface area contributed by atoms with Crippen molar-refractivity contribution in [3.8, 4) is 0 Å². The van der Waals surface area contributed by atoms with E-state index in [1.165, 1.54) is 0 Å². The van der Waals surface area contributed by atoms with Gasteiger partial charge in [-0.3, -0.25) is 4.79 Å². The van der Waals surface area contributed by atoms with E-state index in [1.54, 1.807) is 42.1 Å². The van der Waals surface area contributed by atoms with Crippen LogP contribution < -0.4 is 10.2 Å². The number of amides is 3. The number of imide groups is 1. The van der Waals surface area contributed by atoms with E-state index < -0.39 is 11.9 Å². The van der Waals surface area contributed by atoms with Crippen molar-refractivity contribution in [2.75, 3.05) is 4.90 Å². The lowest BCUT2D eigenvalue weighted by Crippen LogP contribution is -2.30. The number of hydrogen-bond donors (Lipinski definition) is 1. The highest BCUT2D eigenvalue weighted by atomic mass is 35.5. The van der Waals surface area contributed by atoms with Crippen molar-refractivity contribution in [1.29, 1.82) is 0 Å². The lowest BCUT2D eigenvalue weighted by Gasteiger charge is -2.11. The van der Waals surface area contributed by atoms with Crippen LogP contribution in [-0.4, -0.2) is 11.9 Å². The van der Waals surface area contributed by atoms with Gasteiger partial charge in [-0.15, -0.1) is 0 Å². The van der Waals surface area contributed by atoms with Crippen LogP contribution in [0, 0.1) is 0 Å². The van der Waals surface area contributed by atoms with Gasteiger partial charge in [-0.05, 0) is 60.2 Å². The van der Waals surface area contributed by atoms with Gasteiger partial charge in [0.05, 0.1) is 5.69 Å². The average Bonchev–Trinajstić information content (AvgIpc) is 2.98. The van der Waals surface area contributed by atoms with Crippen LogP contribution in [0.15, 0.2) is 88.3 Å². The van der Waals surface area contributed by atoms with Crippen LogP contribution in [-0.2, 0) is 4.79 Å². The Morgan fingerprint density at radius 3 is 2.38 bits per heavy atom. The third kappa shape index (κ3) is 4.32. The number of carbonyl (C=O) groups is 2. The summed E-state index contributed by atoms with van der Waals surface area (Å²) < 4.78 is 0. The summed E-state index contributed by atoms with van der Waals surface area (Å²) in [6, 6.07) is 21.3. The number of nitrogens with one attached hydrogen (secondary N) is 1. The van der Waals surface area contributed by atoms with Crippen LogP contribution in [0.5, 0.6) is 0 Å². The van der Waals surface area contributed by atoms with Crippen molar-refractivity contribution < 1.29 is 9.59 Å². The zero-order valence-electron chi connectivity index (χ0n) is 14.9. The first-order valence-corrected chi connectivity index (χ1v) is 10.2. The second-order valence-electron chi connectivity index (χ2n) is 6.20. The summed E-state index contributed by atoms with van der Waals surface area (Å²) in [5.74, 6) is -0.427. The smallest absolute Gasteiger partial charge is 0.302 e. The monoisotopic (exact) mass is 440 g/mol. The summed E-state index contributed by atoms with van der Waals surface area (Å²) in [6.07, 6.45) is 1.68. The average molecular weight is 441 g/mol. The molecular formula is C22H14Cl2N2O2S. The maximum atomic E-state index is 12.8. The number of rotatable bonds is 4. The third-order valence-electron chi connectivity index (χ3n) is 4.20. The summed E-state index contributed by atoms with van der Waals surface area (Å²) in [7, 11) is 0. The maximum Gasteiger partial charge on any atom is 0.333 e. The van der Waals surface area contributed by atoms with E-state index in [1.807, 2.05) is 48.5 Å². The van der Waals surface area contributed by atoms with Crippen LogP contribution in [0.1, 0.15) is 5.56 Å². The highest BCUT2D eigenvalue weighted by Gasteiger charge is 2.35. The summed E-state index contributed by atoms with van der Waals surface area (Å²) in [5.41, 5.74) is 1.45. The Labute approximate surface area is 182 Å². The molecule has 0 aromatic heterocycles. The van der Waals surface area contributed by atoms with Gasteiger partial charge in [0.25, 0.3) is 5.91 Å². The Morgan fingerprint density at radius 2 is 1.62 bits per heavy atom. The quantitative estimate of drug-likeness (QED) is 0.385. The van der Waals surface area contributed by atoms with E-state index in [4.69, 9.17) is 23.2 Å². The minimum atomic E-state index is -0.508. The number of carbonyl (C=O) groups excluding carboxylic acids is 2. The molecule has 1 saturated heterocycles. The van der Waals surface area contributed by atoms with Crippen molar-refractivity contribution in [3.05, 3.63) is 94.1 Å². The van der Waals surface area contributed by atoms with Gasteiger partial charge in [0.1, 0.15) is 5.70 Å². The molecule has 1 heterocycles. The SMILES string of the molecule is O=C1N/C(=C\c2ccccc2Sc2ccc(Cl)cc2)C(=O)N1c1cccc(Cl)c1. The topological polar surface area (TPSA) is 49.4 Å². The van der Waals surface area contributed by atoms with Gasteiger partial charge in [0.15, 0.2) is 0 Å². The molecule has 3 aromatic rings. The van der Waals surface area contributed by atoms with E-state index in [0.717, 1.165) is 20.3 Å². The largest absolute Gasteiger partial charge is 0.333 e. The third-order valence-corrected chi connectivity index (χ3v) is 5.79. The van der Waals surface area contributed by atoms with Crippen LogP contribution in [0.25, 0.3) is 6.08 Å². The fourth-order valence-corrected chi connectivity index (χ4v) is 4.09. The van der Waals surface area contributed by atoms with Gasteiger partial charge in [-0.1, -0.05) is 59.2 Å². The highest BCUT2D eigenvalue weighted by molar-refractivity contribution is 7.99. The number of hydrogen-bond acceptors (Lipinski definition) is 3. The molecule has 4 nitrogen and oxygen atoms in total. The lowest BCUT2D eigenvalue weighted by molar-refractivity contribution is -0.113. The second kappa shape index (κ2) is 8.33. The van der Waals surface area contributed by atoms with Gasteiger partial charge < -0.3 is 5.32 Å². The Kier molecular flexibility index (Phi) is 5.62. The Balaban J connectivity index is 1.64. The molecule has 0 bridgehead atoms. The summed E-state index contributed by atoms with van der Waals surface area (Å²) in [5, 5.41) is 3.77. The molecular weight excluding hydrogens is 427 g/mol. The molecule has 0 spiro atoms. The van der Waals surface area contributed by atoms with Gasteiger partial charge in [0, 0.05) is 19.8 Å². The second-order valence-corrected chi connectivity index (χ2v) is 8.19. The standard InChI is InChI=1S/C22H14Cl2N2O2S/c23-15-8-10-18(11-9-15)29-20-7-2-1-4-14(20)12-19-21(27)26(22(28)25-19)17-6-3-5-16(24)13-17/h1-13H,(H,25,28)/b19-12-. The van der Waals surface area contributed by atoms with Gasteiger partial charge >= 0.3 is 6.03 Å². The van der Waals surface area contributed by atoms with Crippen molar-refractivity contribution in [3.63, 3.8) is 0 Å². The zero-order chi connectivity index (χ0) is 20.4. The minimum Gasteiger partial charge on any atom is -0.302 e. The molecule has 0 atom stereocenters. The Morgan fingerprint density at radius 1 is 0.862 bits per heavy atom. The van der Waals surface area contributed by atoms with Gasteiger partial charge in [0.2, 0.25) is 0 Å². The molecule has 1 aliphatic heterocycles. The fourth-order valence-electron chi connectivity index (χ4n) is 2.86. The molecule has 0 saturated carbocycles. The Hall–Kier alpha value is -2.73. The number of urea groups is 1. The van der Waals surface area contributed by atoms with E-state index in [-0.39, 0.29) is 5.70 Å². The molecule has 1 N–H and O–H groups in total. The van der Waals surface area contributed by atoms with Crippen molar-refractivity contribution >= 4 is 58.7 Å². The fraction of sp³-hybridized carbons (Fsp3) is 0. The number of benzene rings is 3. The molecule has 0 aliphatic carbocycles. The van der Waals surface area contributed by atoms with E-state index in [9.17, 15) is 9.59 Å². The first-order chi connectivity index (χ1) is 14.0. The minimum absolute atomic E-state index is 0.208. The van der Waals surface area contributed by atoms with E-state index in [0.29, 0.717) is 15.7 Å². The van der Waals surface area contributed by atoms with Crippen molar-refractivity contribution in [2.24, 2.45) is 0 Å². The molecule has 144 valence electrons. The molecule has 0 unspecified atom stereocenters. The first-order valence-electron chi connectivity index (χ1n) is 8.66. The van der Waals surface area contributed by atoms with E-state index >= 15 is 0 Å². The number of nitrogens with zero attached hydrogens (tertiary/aromatic N) is 1. The van der Waals surface area contributed by atoms with E-state index in [2.05, 4.69) is 5.32 Å². The Bertz CT molecular complexity index is 1130. The van der Waals surface area contributed by atoms with Crippen LogP contribution in [0.2, 0.25) is 10.0 Å². The number of anilines is 1. The molecule has 1 fully saturated rings. The molecule has 1 aliphatic rings. The highest BCUT2D eigenvalue weighted by Crippen LogP contribution is 2.33. The predicted octanol–water partition coefficient (Wildman–Crippen LogP) is 6.24. The molecule has 29 heavy (non-hydrogen) atoms.